The summed E-state index contributed by atoms with van der Waals surface area (Å²) in [5, 5.41) is 3.64. The normalized spacial score (nSPS) is 15.7. The van der Waals surface area contributed by atoms with Gasteiger partial charge in [0.2, 0.25) is 5.91 Å². The number of halogens is 1. The van der Waals surface area contributed by atoms with E-state index in [0.717, 1.165) is 36.4 Å². The summed E-state index contributed by atoms with van der Waals surface area (Å²) in [6.07, 6.45) is 0.745. The van der Waals surface area contributed by atoms with Crippen molar-refractivity contribution < 1.29 is 9.53 Å². The predicted octanol–water partition coefficient (Wildman–Crippen LogP) is 4.31. The molecule has 0 unspecified atom stereocenters. The van der Waals surface area contributed by atoms with Crippen LogP contribution in [0.15, 0.2) is 48.5 Å². The SMILES string of the molecule is CC[C@@H](C(=O)Nc1ccc(N2CCOCC2)c(Cl)c1)c1ccccc1. The third-order valence-electron chi connectivity index (χ3n) is 4.49. The van der Waals surface area contributed by atoms with Crippen molar-refractivity contribution in [1.29, 1.82) is 0 Å². The number of hydrogen-bond donors (Lipinski definition) is 1. The molecule has 0 radical (unpaired) electrons. The average molecular weight is 359 g/mol. The van der Waals surface area contributed by atoms with Crippen molar-refractivity contribution in [3.8, 4) is 0 Å². The highest BCUT2D eigenvalue weighted by molar-refractivity contribution is 6.33. The molecule has 1 amide bonds. The summed E-state index contributed by atoms with van der Waals surface area (Å²) in [6, 6.07) is 15.5. The molecule has 0 aliphatic carbocycles. The summed E-state index contributed by atoms with van der Waals surface area (Å²) in [5.41, 5.74) is 2.73. The van der Waals surface area contributed by atoms with Gasteiger partial charge < -0.3 is 15.0 Å². The minimum absolute atomic E-state index is 0.0103. The van der Waals surface area contributed by atoms with Gasteiger partial charge in [0.05, 0.1) is 29.8 Å². The number of carbonyl (C=O) groups is 1. The second-order valence-corrected chi connectivity index (χ2v) is 6.53. The Bertz CT molecular complexity index is 715. The van der Waals surface area contributed by atoms with Crippen LogP contribution in [0.2, 0.25) is 5.02 Å². The molecule has 4 nitrogen and oxygen atoms in total. The fourth-order valence-corrected chi connectivity index (χ4v) is 3.43. The average Bonchev–Trinajstić information content (AvgIpc) is 2.64. The molecule has 3 rings (SSSR count). The van der Waals surface area contributed by atoms with Gasteiger partial charge in [-0.1, -0.05) is 48.9 Å². The minimum Gasteiger partial charge on any atom is -0.378 e. The van der Waals surface area contributed by atoms with Gasteiger partial charge in [0.1, 0.15) is 0 Å². The Kier molecular flexibility index (Phi) is 5.95. The topological polar surface area (TPSA) is 41.6 Å². The number of nitrogens with zero attached hydrogens (tertiary/aromatic N) is 1. The van der Waals surface area contributed by atoms with Crippen molar-refractivity contribution in [3.63, 3.8) is 0 Å². The van der Waals surface area contributed by atoms with Crippen molar-refractivity contribution >= 4 is 28.9 Å². The maximum atomic E-state index is 12.7. The lowest BCUT2D eigenvalue weighted by Gasteiger charge is -2.29. The third-order valence-corrected chi connectivity index (χ3v) is 4.80. The van der Waals surface area contributed by atoms with E-state index < -0.39 is 0 Å². The quantitative estimate of drug-likeness (QED) is 0.866. The molecule has 2 aromatic carbocycles. The van der Waals surface area contributed by atoms with Crippen molar-refractivity contribution in [2.45, 2.75) is 19.3 Å². The number of hydrogen-bond acceptors (Lipinski definition) is 3. The molecule has 1 saturated heterocycles. The van der Waals surface area contributed by atoms with Gasteiger partial charge in [-0.15, -0.1) is 0 Å². The Hall–Kier alpha value is -2.04. The van der Waals surface area contributed by atoms with E-state index in [-0.39, 0.29) is 11.8 Å². The molecular weight excluding hydrogens is 336 g/mol. The van der Waals surface area contributed by atoms with Gasteiger partial charge in [0.25, 0.3) is 0 Å². The van der Waals surface area contributed by atoms with Crippen molar-refractivity contribution in [1.82, 2.24) is 0 Å². The Morgan fingerprint density at radius 2 is 1.92 bits per heavy atom. The van der Waals surface area contributed by atoms with Crippen LogP contribution >= 0.6 is 11.6 Å². The zero-order valence-electron chi connectivity index (χ0n) is 14.4. The summed E-state index contributed by atoms with van der Waals surface area (Å²) in [5.74, 6) is -0.178. The van der Waals surface area contributed by atoms with Crippen LogP contribution in [0.3, 0.4) is 0 Å². The number of ether oxygens (including phenoxy) is 1. The number of nitrogens with one attached hydrogen (secondary N) is 1. The summed E-state index contributed by atoms with van der Waals surface area (Å²) in [7, 11) is 0. The molecule has 1 fully saturated rings. The second-order valence-electron chi connectivity index (χ2n) is 6.13. The molecule has 132 valence electrons. The number of morpholine rings is 1. The number of rotatable bonds is 5. The van der Waals surface area contributed by atoms with Gasteiger partial charge in [-0.05, 0) is 30.2 Å². The van der Waals surface area contributed by atoms with Crippen LogP contribution in [0.1, 0.15) is 24.8 Å². The van der Waals surface area contributed by atoms with Crippen LogP contribution in [0.5, 0.6) is 0 Å². The lowest BCUT2D eigenvalue weighted by atomic mass is 9.95. The number of amides is 1. The zero-order valence-corrected chi connectivity index (χ0v) is 15.1. The van der Waals surface area contributed by atoms with Crippen LogP contribution in [-0.4, -0.2) is 32.2 Å². The molecule has 0 aromatic heterocycles. The van der Waals surface area contributed by atoms with E-state index in [9.17, 15) is 4.79 Å². The van der Waals surface area contributed by atoms with Gasteiger partial charge in [0.15, 0.2) is 0 Å². The molecule has 0 saturated carbocycles. The van der Waals surface area contributed by atoms with Crippen LogP contribution < -0.4 is 10.2 Å². The van der Waals surface area contributed by atoms with Crippen molar-refractivity contribution in [3.05, 3.63) is 59.1 Å². The van der Waals surface area contributed by atoms with Crippen LogP contribution in [-0.2, 0) is 9.53 Å². The van der Waals surface area contributed by atoms with Gasteiger partial charge in [-0.2, -0.15) is 0 Å². The highest BCUT2D eigenvalue weighted by atomic mass is 35.5. The Morgan fingerprint density at radius 3 is 2.56 bits per heavy atom. The van der Waals surface area contributed by atoms with Crippen LogP contribution in [0.25, 0.3) is 0 Å². The van der Waals surface area contributed by atoms with E-state index in [1.165, 1.54) is 0 Å². The summed E-state index contributed by atoms with van der Waals surface area (Å²) < 4.78 is 5.38. The predicted molar refractivity (Wildman–Crippen MR) is 103 cm³/mol. The molecule has 1 aliphatic heterocycles. The fourth-order valence-electron chi connectivity index (χ4n) is 3.13. The van der Waals surface area contributed by atoms with Crippen LogP contribution in [0, 0.1) is 0 Å². The molecule has 0 spiro atoms. The van der Waals surface area contributed by atoms with Crippen molar-refractivity contribution in [2.75, 3.05) is 36.5 Å². The molecular formula is C20H23ClN2O2. The Labute approximate surface area is 153 Å². The van der Waals surface area contributed by atoms with Gasteiger partial charge in [-0.3, -0.25) is 4.79 Å². The van der Waals surface area contributed by atoms with Crippen molar-refractivity contribution in [2.24, 2.45) is 0 Å². The van der Waals surface area contributed by atoms with Gasteiger partial charge >= 0.3 is 0 Å². The first-order chi connectivity index (χ1) is 12.2. The molecule has 1 aliphatic rings. The molecule has 1 heterocycles. The molecule has 0 bridgehead atoms. The maximum absolute atomic E-state index is 12.7. The van der Waals surface area contributed by atoms with E-state index in [2.05, 4.69) is 10.2 Å². The first-order valence-corrected chi connectivity index (χ1v) is 9.05. The molecule has 2 aromatic rings. The lowest BCUT2D eigenvalue weighted by Crippen LogP contribution is -2.36. The first kappa shape index (κ1) is 17.8. The second kappa shape index (κ2) is 8.37. The van der Waals surface area contributed by atoms with Gasteiger partial charge in [-0.25, -0.2) is 0 Å². The Balaban J connectivity index is 1.71. The lowest BCUT2D eigenvalue weighted by molar-refractivity contribution is -0.117. The first-order valence-electron chi connectivity index (χ1n) is 8.67. The molecule has 1 N–H and O–H groups in total. The molecule has 25 heavy (non-hydrogen) atoms. The largest absolute Gasteiger partial charge is 0.378 e. The smallest absolute Gasteiger partial charge is 0.231 e. The summed E-state index contributed by atoms with van der Waals surface area (Å²) in [6.45, 7) is 5.11. The number of benzene rings is 2. The monoisotopic (exact) mass is 358 g/mol. The summed E-state index contributed by atoms with van der Waals surface area (Å²) >= 11 is 6.44. The molecule has 5 heteroatoms. The van der Waals surface area contributed by atoms with Gasteiger partial charge in [0, 0.05) is 18.8 Å². The highest BCUT2D eigenvalue weighted by Gasteiger charge is 2.19. The van der Waals surface area contributed by atoms with E-state index in [4.69, 9.17) is 16.3 Å². The molecule has 1 atom stereocenters. The zero-order chi connectivity index (χ0) is 17.6. The maximum Gasteiger partial charge on any atom is 0.231 e. The van der Waals surface area contributed by atoms with Crippen LogP contribution in [0.4, 0.5) is 11.4 Å². The summed E-state index contributed by atoms with van der Waals surface area (Å²) in [4.78, 5) is 14.9. The standard InChI is InChI=1S/C20H23ClN2O2/c1-2-17(15-6-4-3-5-7-15)20(24)22-16-8-9-19(18(21)14-16)23-10-12-25-13-11-23/h3-9,14,17H,2,10-13H2,1H3,(H,22,24)/t17-/m1/s1. The van der Waals surface area contributed by atoms with E-state index in [1.807, 2.05) is 55.5 Å². The fraction of sp³-hybridized carbons (Fsp3) is 0.350. The Morgan fingerprint density at radius 1 is 1.20 bits per heavy atom. The number of carbonyl (C=O) groups excluding carboxylic acids is 1. The number of anilines is 2. The highest BCUT2D eigenvalue weighted by Crippen LogP contribution is 2.30. The minimum atomic E-state index is -0.168. The van der Waals surface area contributed by atoms with E-state index in [1.54, 1.807) is 0 Å². The van der Waals surface area contributed by atoms with E-state index >= 15 is 0 Å². The van der Waals surface area contributed by atoms with E-state index in [0.29, 0.717) is 18.2 Å². The third kappa shape index (κ3) is 4.33.